The van der Waals surface area contributed by atoms with Gasteiger partial charge in [-0.25, -0.2) is 4.98 Å². The van der Waals surface area contributed by atoms with Gasteiger partial charge in [0.15, 0.2) is 0 Å². The molecule has 5 nitrogen and oxygen atoms in total. The molecule has 1 fully saturated rings. The number of anilines is 1. The molecule has 192 valence electrons. The predicted molar refractivity (Wildman–Crippen MR) is 150 cm³/mol. The van der Waals surface area contributed by atoms with Gasteiger partial charge in [0.25, 0.3) is 0 Å². The van der Waals surface area contributed by atoms with Crippen LogP contribution in [0.4, 0.5) is 5.69 Å². The summed E-state index contributed by atoms with van der Waals surface area (Å²) in [6, 6.07) is 25.0. The van der Waals surface area contributed by atoms with Crippen molar-refractivity contribution in [1.29, 1.82) is 0 Å². The summed E-state index contributed by atoms with van der Waals surface area (Å²) in [5.74, 6) is 2.22. The number of nitrogens with zero attached hydrogens (tertiary/aromatic N) is 3. The van der Waals surface area contributed by atoms with Crippen molar-refractivity contribution >= 4 is 22.6 Å². The fraction of sp³-hybridized carbons (Fsp3) is 0.375. The van der Waals surface area contributed by atoms with E-state index in [4.69, 9.17) is 9.72 Å². The number of benzene rings is 3. The second-order valence-electron chi connectivity index (χ2n) is 10.2. The Kier molecular flexibility index (Phi) is 7.88. The summed E-state index contributed by atoms with van der Waals surface area (Å²) >= 11 is 0. The maximum Gasteiger partial charge on any atom is 0.227 e. The third-order valence-electron chi connectivity index (χ3n) is 7.28. The summed E-state index contributed by atoms with van der Waals surface area (Å²) in [5, 5.41) is 0. The Hall–Kier alpha value is -3.60. The molecule has 2 heterocycles. The summed E-state index contributed by atoms with van der Waals surface area (Å²) in [6.07, 6.45) is 5.92. The normalized spacial score (nSPS) is 15.6. The summed E-state index contributed by atoms with van der Waals surface area (Å²) in [4.78, 5) is 20.0. The molecule has 37 heavy (non-hydrogen) atoms. The standard InChI is InChI=1S/C32H37N3O2/c1-3-4-11-25-15-17-27(18-16-25)35-23-26(22-31(35)36)32-33-29-13-5-6-14-30(29)34(32)19-7-8-20-37-28-12-9-10-24(2)21-28/h5-6,9-10,12-18,21,26H,3-4,7-8,11,19-20,22-23H2,1-2H3. The number of carbonyl (C=O) groups excluding carboxylic acids is 1. The molecule has 0 radical (unpaired) electrons. The lowest BCUT2D eigenvalue weighted by molar-refractivity contribution is -0.117. The van der Waals surface area contributed by atoms with Crippen molar-refractivity contribution in [3.05, 3.63) is 89.7 Å². The fourth-order valence-corrected chi connectivity index (χ4v) is 5.26. The highest BCUT2D eigenvalue weighted by atomic mass is 16.5. The van der Waals surface area contributed by atoms with Gasteiger partial charge in [0.1, 0.15) is 11.6 Å². The summed E-state index contributed by atoms with van der Waals surface area (Å²) in [5.41, 5.74) is 5.67. The number of imidazole rings is 1. The van der Waals surface area contributed by atoms with Crippen LogP contribution in [-0.2, 0) is 17.8 Å². The topological polar surface area (TPSA) is 47.4 Å². The number of fused-ring (bicyclic) bond motifs is 1. The molecule has 5 rings (SSSR count). The second-order valence-corrected chi connectivity index (χ2v) is 10.2. The predicted octanol–water partition coefficient (Wildman–Crippen LogP) is 7.07. The number of carbonyl (C=O) groups is 1. The number of unbranched alkanes of at least 4 members (excludes halogenated alkanes) is 2. The van der Waals surface area contributed by atoms with E-state index in [0.717, 1.165) is 54.1 Å². The molecule has 5 heteroatoms. The number of amides is 1. The molecule has 3 aromatic carbocycles. The molecule has 1 amide bonds. The number of hydrogen-bond donors (Lipinski definition) is 0. The average Bonchev–Trinajstić information content (AvgIpc) is 3.48. The van der Waals surface area contributed by atoms with Crippen LogP contribution in [0.3, 0.4) is 0 Å². The van der Waals surface area contributed by atoms with Gasteiger partial charge in [0.2, 0.25) is 5.91 Å². The van der Waals surface area contributed by atoms with Crippen LogP contribution in [0.1, 0.15) is 61.9 Å². The quantitative estimate of drug-likeness (QED) is 0.209. The van der Waals surface area contributed by atoms with Gasteiger partial charge in [0, 0.05) is 31.1 Å². The van der Waals surface area contributed by atoms with E-state index in [2.05, 4.69) is 73.0 Å². The highest BCUT2D eigenvalue weighted by molar-refractivity contribution is 5.96. The van der Waals surface area contributed by atoms with Crippen LogP contribution in [0.15, 0.2) is 72.8 Å². The molecule has 0 bridgehead atoms. The van der Waals surface area contributed by atoms with E-state index >= 15 is 0 Å². The van der Waals surface area contributed by atoms with Crippen LogP contribution in [0, 0.1) is 6.92 Å². The minimum Gasteiger partial charge on any atom is -0.494 e. The SMILES string of the molecule is CCCCc1ccc(N2CC(c3nc4ccccc4n3CCCCOc3cccc(C)c3)CC2=O)cc1. The molecule has 1 aromatic heterocycles. The van der Waals surface area contributed by atoms with Gasteiger partial charge in [-0.1, -0.05) is 49.7 Å². The number of aryl methyl sites for hydroxylation is 3. The minimum absolute atomic E-state index is 0.0863. The van der Waals surface area contributed by atoms with Crippen molar-refractivity contribution < 1.29 is 9.53 Å². The zero-order valence-corrected chi connectivity index (χ0v) is 22.0. The molecule has 1 saturated heterocycles. The lowest BCUT2D eigenvalue weighted by atomic mass is 10.1. The van der Waals surface area contributed by atoms with E-state index in [1.54, 1.807) is 0 Å². The largest absolute Gasteiger partial charge is 0.494 e. The highest BCUT2D eigenvalue weighted by Crippen LogP contribution is 2.33. The first-order chi connectivity index (χ1) is 18.1. The van der Waals surface area contributed by atoms with Crippen molar-refractivity contribution in [3.63, 3.8) is 0 Å². The van der Waals surface area contributed by atoms with Crippen LogP contribution in [0.5, 0.6) is 5.75 Å². The third kappa shape index (κ3) is 5.87. The molecular weight excluding hydrogens is 458 g/mol. The van der Waals surface area contributed by atoms with Crippen molar-refractivity contribution in [1.82, 2.24) is 9.55 Å². The van der Waals surface area contributed by atoms with Crippen LogP contribution in [-0.4, -0.2) is 28.6 Å². The van der Waals surface area contributed by atoms with Gasteiger partial charge in [-0.05, 0) is 80.1 Å². The van der Waals surface area contributed by atoms with E-state index < -0.39 is 0 Å². The van der Waals surface area contributed by atoms with Crippen LogP contribution < -0.4 is 9.64 Å². The van der Waals surface area contributed by atoms with E-state index in [9.17, 15) is 4.79 Å². The molecule has 1 aliphatic rings. The van der Waals surface area contributed by atoms with Crippen molar-refractivity contribution in [2.75, 3.05) is 18.1 Å². The van der Waals surface area contributed by atoms with Gasteiger partial charge in [-0.15, -0.1) is 0 Å². The molecule has 1 unspecified atom stereocenters. The summed E-state index contributed by atoms with van der Waals surface area (Å²) < 4.78 is 8.29. The third-order valence-corrected chi connectivity index (χ3v) is 7.28. The first-order valence-corrected chi connectivity index (χ1v) is 13.7. The van der Waals surface area contributed by atoms with Gasteiger partial charge >= 0.3 is 0 Å². The molecule has 0 spiro atoms. The Morgan fingerprint density at radius 2 is 1.81 bits per heavy atom. The molecule has 0 N–H and O–H groups in total. The zero-order valence-electron chi connectivity index (χ0n) is 22.0. The number of rotatable bonds is 11. The molecule has 1 atom stereocenters. The van der Waals surface area contributed by atoms with E-state index in [0.29, 0.717) is 19.6 Å². The summed E-state index contributed by atoms with van der Waals surface area (Å²) in [6.45, 7) is 6.52. The Morgan fingerprint density at radius 3 is 2.62 bits per heavy atom. The first kappa shape index (κ1) is 25.1. The number of ether oxygens (including phenoxy) is 1. The zero-order chi connectivity index (χ0) is 25.6. The molecule has 0 aliphatic carbocycles. The number of aromatic nitrogens is 2. The van der Waals surface area contributed by atoms with E-state index in [1.807, 2.05) is 23.1 Å². The van der Waals surface area contributed by atoms with Crippen LogP contribution >= 0.6 is 0 Å². The number of para-hydroxylation sites is 2. The smallest absolute Gasteiger partial charge is 0.227 e. The summed E-state index contributed by atoms with van der Waals surface area (Å²) in [7, 11) is 0. The Labute approximate surface area is 220 Å². The Bertz CT molecular complexity index is 1340. The molecule has 1 aliphatic heterocycles. The maximum atomic E-state index is 13.1. The molecular formula is C32H37N3O2. The van der Waals surface area contributed by atoms with Crippen molar-refractivity contribution in [2.45, 2.75) is 64.8 Å². The van der Waals surface area contributed by atoms with E-state index in [1.165, 1.54) is 24.0 Å². The average molecular weight is 496 g/mol. The lowest BCUT2D eigenvalue weighted by Gasteiger charge is -2.18. The molecule has 0 saturated carbocycles. The number of hydrogen-bond acceptors (Lipinski definition) is 3. The van der Waals surface area contributed by atoms with E-state index in [-0.39, 0.29) is 11.8 Å². The van der Waals surface area contributed by atoms with Gasteiger partial charge in [-0.2, -0.15) is 0 Å². The lowest BCUT2D eigenvalue weighted by Crippen LogP contribution is -2.24. The molecule has 4 aromatic rings. The van der Waals surface area contributed by atoms with Crippen LogP contribution in [0.2, 0.25) is 0 Å². The van der Waals surface area contributed by atoms with Crippen LogP contribution in [0.25, 0.3) is 11.0 Å². The van der Waals surface area contributed by atoms with Gasteiger partial charge in [0.05, 0.1) is 17.6 Å². The first-order valence-electron chi connectivity index (χ1n) is 13.7. The highest BCUT2D eigenvalue weighted by Gasteiger charge is 2.34. The van der Waals surface area contributed by atoms with Gasteiger partial charge < -0.3 is 14.2 Å². The second kappa shape index (κ2) is 11.6. The monoisotopic (exact) mass is 495 g/mol. The van der Waals surface area contributed by atoms with Crippen molar-refractivity contribution in [2.24, 2.45) is 0 Å². The van der Waals surface area contributed by atoms with Crippen molar-refractivity contribution in [3.8, 4) is 5.75 Å². The minimum atomic E-state index is 0.0863. The maximum absolute atomic E-state index is 13.1. The fourth-order valence-electron chi connectivity index (χ4n) is 5.26. The Balaban J connectivity index is 1.26. The Morgan fingerprint density at radius 1 is 0.973 bits per heavy atom. The van der Waals surface area contributed by atoms with Gasteiger partial charge in [-0.3, -0.25) is 4.79 Å².